The van der Waals surface area contributed by atoms with Crippen LogP contribution < -0.4 is 0 Å². The predicted molar refractivity (Wildman–Crippen MR) is 47.6 cm³/mol. The molecule has 14 heavy (non-hydrogen) atoms. The van der Waals surface area contributed by atoms with Crippen molar-refractivity contribution >= 4 is 11.9 Å². The summed E-state index contributed by atoms with van der Waals surface area (Å²) in [7, 11) is 0. The second-order valence-corrected chi connectivity index (χ2v) is 3.93. The SMILES string of the molecule is O=C(/C=C/C1(C(=O)O)CC1)OC1CC1. The highest BCUT2D eigenvalue weighted by molar-refractivity contribution is 5.86. The van der Waals surface area contributed by atoms with Crippen LogP contribution in [0.25, 0.3) is 0 Å². The molecule has 0 bridgehead atoms. The Morgan fingerprint density at radius 3 is 2.43 bits per heavy atom. The standard InChI is InChI=1S/C10H12O4/c11-8(14-7-1-2-7)3-4-10(5-6-10)9(12)13/h3-4,7H,1-2,5-6H2,(H,12,13)/b4-3+. The van der Waals surface area contributed by atoms with E-state index in [0.29, 0.717) is 12.8 Å². The van der Waals surface area contributed by atoms with Gasteiger partial charge in [0.05, 0.1) is 5.41 Å². The van der Waals surface area contributed by atoms with Gasteiger partial charge in [-0.25, -0.2) is 4.79 Å². The summed E-state index contributed by atoms with van der Waals surface area (Å²) in [5.74, 6) is -1.27. The molecule has 2 aliphatic rings. The van der Waals surface area contributed by atoms with Crippen LogP contribution in [0.5, 0.6) is 0 Å². The molecule has 2 rings (SSSR count). The number of aliphatic carboxylic acids is 1. The van der Waals surface area contributed by atoms with Gasteiger partial charge in [0.2, 0.25) is 0 Å². The molecule has 2 aliphatic carbocycles. The Hall–Kier alpha value is -1.32. The van der Waals surface area contributed by atoms with E-state index in [0.717, 1.165) is 12.8 Å². The van der Waals surface area contributed by atoms with Crippen LogP contribution in [0, 0.1) is 5.41 Å². The number of carboxylic acids is 1. The fourth-order valence-electron chi connectivity index (χ4n) is 1.20. The zero-order valence-corrected chi connectivity index (χ0v) is 7.73. The first-order valence-corrected chi connectivity index (χ1v) is 4.76. The van der Waals surface area contributed by atoms with Gasteiger partial charge in [0.1, 0.15) is 6.10 Å². The monoisotopic (exact) mass is 196 g/mol. The minimum Gasteiger partial charge on any atom is -0.481 e. The zero-order chi connectivity index (χ0) is 10.2. The molecule has 0 atom stereocenters. The average Bonchev–Trinajstić information content (AvgIpc) is 2.97. The fourth-order valence-corrected chi connectivity index (χ4v) is 1.20. The average molecular weight is 196 g/mol. The molecular weight excluding hydrogens is 184 g/mol. The van der Waals surface area contributed by atoms with Crippen molar-refractivity contribution in [3.63, 3.8) is 0 Å². The molecule has 0 aromatic rings. The smallest absolute Gasteiger partial charge is 0.330 e. The quantitative estimate of drug-likeness (QED) is 0.540. The number of carbonyl (C=O) groups is 2. The predicted octanol–water partition coefficient (Wildman–Crippen LogP) is 1.11. The molecule has 2 saturated carbocycles. The Bertz CT molecular complexity index is 297. The van der Waals surface area contributed by atoms with Crippen LogP contribution in [0.15, 0.2) is 12.2 Å². The summed E-state index contributed by atoms with van der Waals surface area (Å²) in [5.41, 5.74) is -0.775. The summed E-state index contributed by atoms with van der Waals surface area (Å²) in [4.78, 5) is 21.8. The van der Waals surface area contributed by atoms with Crippen molar-refractivity contribution in [3.05, 3.63) is 12.2 Å². The van der Waals surface area contributed by atoms with Gasteiger partial charge in [0.15, 0.2) is 0 Å². The first-order valence-electron chi connectivity index (χ1n) is 4.76. The highest BCUT2D eigenvalue weighted by Crippen LogP contribution is 2.47. The molecule has 0 saturated heterocycles. The number of carbonyl (C=O) groups excluding carboxylic acids is 1. The van der Waals surface area contributed by atoms with E-state index in [2.05, 4.69) is 0 Å². The molecule has 1 N–H and O–H groups in total. The summed E-state index contributed by atoms with van der Waals surface area (Å²) in [6.45, 7) is 0. The van der Waals surface area contributed by atoms with Gasteiger partial charge >= 0.3 is 11.9 Å². The lowest BCUT2D eigenvalue weighted by molar-refractivity contribution is -0.141. The number of carboxylic acid groups (broad SMARTS) is 1. The Balaban J connectivity index is 1.86. The lowest BCUT2D eigenvalue weighted by atomic mass is 10.1. The lowest BCUT2D eigenvalue weighted by Crippen LogP contribution is -2.12. The van der Waals surface area contributed by atoms with Crippen LogP contribution in [-0.2, 0) is 14.3 Å². The third-order valence-electron chi connectivity index (χ3n) is 2.56. The van der Waals surface area contributed by atoms with E-state index < -0.39 is 17.4 Å². The lowest BCUT2D eigenvalue weighted by Gasteiger charge is -2.01. The summed E-state index contributed by atoms with van der Waals surface area (Å²) in [5, 5.41) is 8.81. The molecule has 4 nitrogen and oxygen atoms in total. The summed E-state index contributed by atoms with van der Waals surface area (Å²) in [6.07, 6.45) is 5.89. The Labute approximate surface area is 81.6 Å². The second kappa shape index (κ2) is 3.12. The van der Waals surface area contributed by atoms with Crippen molar-refractivity contribution in [2.75, 3.05) is 0 Å². The van der Waals surface area contributed by atoms with Crippen LogP contribution >= 0.6 is 0 Å². The van der Waals surface area contributed by atoms with Gasteiger partial charge in [-0.15, -0.1) is 0 Å². The number of esters is 1. The largest absolute Gasteiger partial charge is 0.481 e. The highest BCUT2D eigenvalue weighted by Gasteiger charge is 2.48. The topological polar surface area (TPSA) is 63.6 Å². The highest BCUT2D eigenvalue weighted by atomic mass is 16.5. The van der Waals surface area contributed by atoms with E-state index in [-0.39, 0.29) is 6.10 Å². The zero-order valence-electron chi connectivity index (χ0n) is 7.73. The van der Waals surface area contributed by atoms with Crippen molar-refractivity contribution in [2.45, 2.75) is 31.8 Å². The van der Waals surface area contributed by atoms with Crippen LogP contribution in [0.1, 0.15) is 25.7 Å². The minimum absolute atomic E-state index is 0.0760. The van der Waals surface area contributed by atoms with Gasteiger partial charge in [-0.3, -0.25) is 4.79 Å². The summed E-state index contributed by atoms with van der Waals surface area (Å²) < 4.78 is 4.95. The van der Waals surface area contributed by atoms with Gasteiger partial charge in [0, 0.05) is 6.08 Å². The maximum atomic E-state index is 11.1. The van der Waals surface area contributed by atoms with Crippen LogP contribution in [0.2, 0.25) is 0 Å². The van der Waals surface area contributed by atoms with Gasteiger partial charge in [-0.1, -0.05) is 6.08 Å². The minimum atomic E-state index is -0.854. The Kier molecular flexibility index (Phi) is 2.06. The van der Waals surface area contributed by atoms with Crippen LogP contribution in [0.3, 0.4) is 0 Å². The molecule has 0 aromatic heterocycles. The molecule has 0 heterocycles. The Morgan fingerprint density at radius 2 is 2.00 bits per heavy atom. The first kappa shape index (κ1) is 9.24. The molecule has 2 fully saturated rings. The molecule has 0 aromatic carbocycles. The van der Waals surface area contributed by atoms with Crippen molar-refractivity contribution in [1.29, 1.82) is 0 Å². The van der Waals surface area contributed by atoms with Crippen LogP contribution in [0.4, 0.5) is 0 Å². The van der Waals surface area contributed by atoms with Gasteiger partial charge in [-0.05, 0) is 25.7 Å². The molecule has 0 unspecified atom stereocenters. The number of hydrogen-bond acceptors (Lipinski definition) is 3. The summed E-state index contributed by atoms with van der Waals surface area (Å²) in [6, 6.07) is 0. The molecular formula is C10H12O4. The fraction of sp³-hybridized carbons (Fsp3) is 0.600. The third kappa shape index (κ3) is 1.95. The third-order valence-corrected chi connectivity index (χ3v) is 2.56. The van der Waals surface area contributed by atoms with E-state index in [1.807, 2.05) is 0 Å². The maximum absolute atomic E-state index is 11.1. The summed E-state index contributed by atoms with van der Waals surface area (Å²) >= 11 is 0. The van der Waals surface area contributed by atoms with Crippen molar-refractivity contribution in [2.24, 2.45) is 5.41 Å². The molecule has 0 spiro atoms. The van der Waals surface area contributed by atoms with Gasteiger partial charge in [-0.2, -0.15) is 0 Å². The normalized spacial score (nSPS) is 23.4. The van der Waals surface area contributed by atoms with E-state index in [1.165, 1.54) is 12.2 Å². The molecule has 76 valence electrons. The van der Waals surface area contributed by atoms with Gasteiger partial charge in [0.25, 0.3) is 0 Å². The Morgan fingerprint density at radius 1 is 1.36 bits per heavy atom. The van der Waals surface area contributed by atoms with Gasteiger partial charge < -0.3 is 9.84 Å². The molecule has 0 amide bonds. The number of hydrogen-bond donors (Lipinski definition) is 1. The van der Waals surface area contributed by atoms with Crippen LogP contribution in [-0.4, -0.2) is 23.1 Å². The van der Waals surface area contributed by atoms with Crippen molar-refractivity contribution in [1.82, 2.24) is 0 Å². The van der Waals surface area contributed by atoms with E-state index in [9.17, 15) is 9.59 Å². The van der Waals surface area contributed by atoms with E-state index in [4.69, 9.17) is 9.84 Å². The second-order valence-electron chi connectivity index (χ2n) is 3.93. The van der Waals surface area contributed by atoms with E-state index in [1.54, 1.807) is 0 Å². The molecule has 0 aliphatic heterocycles. The van der Waals surface area contributed by atoms with Crippen molar-refractivity contribution in [3.8, 4) is 0 Å². The number of rotatable bonds is 4. The van der Waals surface area contributed by atoms with E-state index >= 15 is 0 Å². The first-order chi connectivity index (χ1) is 6.62. The number of ether oxygens (including phenoxy) is 1. The molecule has 0 radical (unpaired) electrons. The molecule has 4 heteroatoms. The maximum Gasteiger partial charge on any atom is 0.330 e. The van der Waals surface area contributed by atoms with Crippen molar-refractivity contribution < 1.29 is 19.4 Å².